The lowest BCUT2D eigenvalue weighted by Gasteiger charge is -2.28. The number of aromatic amines is 1. The van der Waals surface area contributed by atoms with Crippen molar-refractivity contribution < 1.29 is 21.6 Å². The van der Waals surface area contributed by atoms with Crippen LogP contribution in [0.3, 0.4) is 0 Å². The second kappa shape index (κ2) is 7.13. The molecular weight excluding hydrogens is 419 g/mol. The molecule has 2 aliphatic rings. The van der Waals surface area contributed by atoms with Crippen LogP contribution >= 0.6 is 0 Å². The summed E-state index contributed by atoms with van der Waals surface area (Å²) in [5, 5.41) is 6.59. The van der Waals surface area contributed by atoms with E-state index in [0.29, 0.717) is 37.5 Å². The van der Waals surface area contributed by atoms with Crippen LogP contribution in [0.5, 0.6) is 0 Å². The fourth-order valence-corrected chi connectivity index (χ4v) is 6.55. The van der Waals surface area contributed by atoms with Gasteiger partial charge in [-0.3, -0.25) is 0 Å². The maximum Gasteiger partial charge on any atom is 0.377 e. The zero-order valence-corrected chi connectivity index (χ0v) is 17.3. The minimum absolute atomic E-state index is 0.0697. The van der Waals surface area contributed by atoms with Crippen LogP contribution in [-0.2, 0) is 9.84 Å². The molecule has 1 saturated heterocycles. The smallest absolute Gasteiger partial charge is 0.358 e. The van der Waals surface area contributed by atoms with Crippen molar-refractivity contribution in [1.29, 1.82) is 5.26 Å². The molecule has 0 aromatic carbocycles. The van der Waals surface area contributed by atoms with Gasteiger partial charge in [0.05, 0.1) is 5.56 Å². The SMILES string of the molecule is C[C@H](F)C(F)(F)S(=O)(=O)[C@@H]1NC[C@H]2C[C@H](N(C)c3cc4cc(C#N)cnc4[nH]3)C[C@@H]21. The van der Waals surface area contributed by atoms with Crippen LogP contribution in [0.4, 0.5) is 19.0 Å². The third-order valence-corrected chi connectivity index (χ3v) is 8.65. The van der Waals surface area contributed by atoms with Gasteiger partial charge >= 0.3 is 5.25 Å². The average molecular weight is 441 g/mol. The Labute approximate surface area is 172 Å². The fraction of sp³-hybridized carbons (Fsp3) is 0.579. The Morgan fingerprint density at radius 3 is 2.77 bits per heavy atom. The largest absolute Gasteiger partial charge is 0.377 e. The van der Waals surface area contributed by atoms with E-state index in [1.165, 1.54) is 6.20 Å². The molecule has 3 heterocycles. The Morgan fingerprint density at radius 2 is 2.10 bits per heavy atom. The van der Waals surface area contributed by atoms with Crippen molar-refractivity contribution in [3.63, 3.8) is 0 Å². The van der Waals surface area contributed by atoms with Crippen molar-refractivity contribution in [3.8, 4) is 6.07 Å². The molecule has 0 radical (unpaired) electrons. The molecule has 2 aromatic rings. The Balaban J connectivity index is 1.55. The predicted molar refractivity (Wildman–Crippen MR) is 105 cm³/mol. The quantitative estimate of drug-likeness (QED) is 0.740. The number of aromatic nitrogens is 2. The Morgan fingerprint density at radius 1 is 1.37 bits per heavy atom. The Hall–Kier alpha value is -2.32. The number of pyridine rings is 1. The number of halogens is 3. The minimum Gasteiger partial charge on any atom is -0.358 e. The summed E-state index contributed by atoms with van der Waals surface area (Å²) in [5.74, 6) is 0.142. The lowest BCUT2D eigenvalue weighted by molar-refractivity contribution is 0.0123. The second-order valence-electron chi connectivity index (χ2n) is 8.14. The first-order valence-electron chi connectivity index (χ1n) is 9.66. The average Bonchev–Trinajstić information content (AvgIpc) is 3.39. The topological polar surface area (TPSA) is 102 Å². The number of nitrogens with zero attached hydrogens (tertiary/aromatic N) is 3. The second-order valence-corrected chi connectivity index (χ2v) is 10.3. The summed E-state index contributed by atoms with van der Waals surface area (Å²) in [6, 6.07) is 5.53. The molecule has 0 amide bonds. The van der Waals surface area contributed by atoms with Gasteiger partial charge in [0.2, 0.25) is 9.84 Å². The van der Waals surface area contributed by atoms with Crippen molar-refractivity contribution in [2.45, 2.75) is 42.6 Å². The minimum atomic E-state index is -5.02. The van der Waals surface area contributed by atoms with Crippen LogP contribution in [-0.4, -0.2) is 54.8 Å². The van der Waals surface area contributed by atoms with Crippen molar-refractivity contribution in [1.82, 2.24) is 15.3 Å². The van der Waals surface area contributed by atoms with Gasteiger partial charge in [-0.15, -0.1) is 0 Å². The van der Waals surface area contributed by atoms with E-state index in [0.717, 1.165) is 11.2 Å². The number of nitriles is 1. The molecule has 162 valence electrons. The number of hydrogen-bond donors (Lipinski definition) is 2. The first-order chi connectivity index (χ1) is 14.1. The summed E-state index contributed by atoms with van der Waals surface area (Å²) < 4.78 is 66.4. The highest BCUT2D eigenvalue weighted by molar-refractivity contribution is 7.93. The number of anilines is 1. The van der Waals surface area contributed by atoms with Crippen LogP contribution in [0.25, 0.3) is 11.0 Å². The third-order valence-electron chi connectivity index (χ3n) is 6.38. The standard InChI is InChI=1S/C19H22F3N5O2S/c1-10(20)19(21,22)30(28,29)18-15-6-14(4-13(15)9-25-18)27(2)16-5-12-3-11(7-23)8-24-17(12)26-16/h3,5,8,10,13-15,18,25H,4,6,9H2,1-2H3,(H,24,26)/t10-,13+,14-,15-,18-/m0/s1. The molecule has 2 N–H and O–H groups in total. The van der Waals surface area contributed by atoms with Gasteiger partial charge in [-0.25, -0.2) is 17.8 Å². The summed E-state index contributed by atoms with van der Waals surface area (Å²) in [4.78, 5) is 9.34. The highest BCUT2D eigenvalue weighted by atomic mass is 32.2. The molecule has 30 heavy (non-hydrogen) atoms. The van der Waals surface area contributed by atoms with E-state index in [2.05, 4.69) is 15.3 Å². The maximum atomic E-state index is 14.1. The van der Waals surface area contributed by atoms with Crippen LogP contribution in [0, 0.1) is 23.2 Å². The highest BCUT2D eigenvalue weighted by Crippen LogP contribution is 2.45. The highest BCUT2D eigenvalue weighted by Gasteiger charge is 2.60. The molecule has 0 spiro atoms. The summed E-state index contributed by atoms with van der Waals surface area (Å²) >= 11 is 0. The zero-order chi connectivity index (χ0) is 21.8. The van der Waals surface area contributed by atoms with Gasteiger partial charge in [0.15, 0.2) is 6.17 Å². The Bertz CT molecular complexity index is 1110. The van der Waals surface area contributed by atoms with E-state index >= 15 is 0 Å². The maximum absolute atomic E-state index is 14.1. The Kier molecular flexibility index (Phi) is 4.97. The number of H-pyrrole nitrogens is 1. The molecular formula is C19H22F3N5O2S. The van der Waals surface area contributed by atoms with Crippen LogP contribution in [0.2, 0.25) is 0 Å². The number of sulfone groups is 1. The number of alkyl halides is 3. The van der Waals surface area contributed by atoms with E-state index in [4.69, 9.17) is 5.26 Å². The van der Waals surface area contributed by atoms with Crippen LogP contribution < -0.4 is 10.2 Å². The normalized spacial score (nSPS) is 27.7. The van der Waals surface area contributed by atoms with Crippen LogP contribution in [0.15, 0.2) is 18.3 Å². The van der Waals surface area contributed by atoms with Crippen molar-refractivity contribution in [3.05, 3.63) is 23.9 Å². The molecule has 7 nitrogen and oxygen atoms in total. The number of hydrogen-bond acceptors (Lipinski definition) is 6. The zero-order valence-electron chi connectivity index (χ0n) is 16.4. The van der Waals surface area contributed by atoms with Gasteiger partial charge in [-0.1, -0.05) is 0 Å². The van der Waals surface area contributed by atoms with Gasteiger partial charge in [0.25, 0.3) is 0 Å². The molecule has 2 fully saturated rings. The first kappa shape index (κ1) is 20.9. The number of nitrogens with one attached hydrogen (secondary N) is 2. The molecule has 1 saturated carbocycles. The molecule has 5 atom stereocenters. The van der Waals surface area contributed by atoms with Crippen molar-refractivity contribution in [2.75, 3.05) is 18.5 Å². The summed E-state index contributed by atoms with van der Waals surface area (Å²) in [7, 11) is -3.18. The van der Waals surface area contributed by atoms with E-state index in [1.807, 2.05) is 24.1 Å². The number of fused-ring (bicyclic) bond motifs is 2. The predicted octanol–water partition coefficient (Wildman–Crippen LogP) is 2.56. The fourth-order valence-electron chi connectivity index (χ4n) is 4.65. The van der Waals surface area contributed by atoms with Gasteiger partial charge in [-0.2, -0.15) is 14.0 Å². The molecule has 1 aliphatic heterocycles. The molecule has 0 bridgehead atoms. The summed E-state index contributed by atoms with van der Waals surface area (Å²) in [6.07, 6.45) is -0.291. The molecule has 11 heteroatoms. The van der Waals surface area contributed by atoms with E-state index in [9.17, 15) is 21.6 Å². The van der Waals surface area contributed by atoms with Crippen molar-refractivity contribution in [2.24, 2.45) is 11.8 Å². The monoisotopic (exact) mass is 441 g/mol. The molecule has 1 aliphatic carbocycles. The molecule has 0 unspecified atom stereocenters. The van der Waals surface area contributed by atoms with E-state index in [1.54, 1.807) is 6.07 Å². The van der Waals surface area contributed by atoms with Crippen molar-refractivity contribution >= 4 is 26.7 Å². The third kappa shape index (κ3) is 3.13. The van der Waals surface area contributed by atoms with E-state index in [-0.39, 0.29) is 12.0 Å². The lowest BCUT2D eigenvalue weighted by Crippen LogP contribution is -2.49. The van der Waals surface area contributed by atoms with Gasteiger partial charge < -0.3 is 15.2 Å². The molecule has 4 rings (SSSR count). The van der Waals surface area contributed by atoms with Gasteiger partial charge in [0.1, 0.15) is 22.9 Å². The summed E-state index contributed by atoms with van der Waals surface area (Å²) in [6.45, 7) is 0.867. The number of rotatable bonds is 5. The van der Waals surface area contributed by atoms with Gasteiger partial charge in [-0.05, 0) is 50.3 Å². The molecule has 2 aromatic heterocycles. The lowest BCUT2D eigenvalue weighted by atomic mass is 10.0. The summed E-state index contributed by atoms with van der Waals surface area (Å²) in [5.41, 5.74) is 1.06. The van der Waals surface area contributed by atoms with Crippen LogP contribution in [0.1, 0.15) is 25.3 Å². The van der Waals surface area contributed by atoms with E-state index < -0.39 is 32.6 Å². The first-order valence-corrected chi connectivity index (χ1v) is 11.2. The van der Waals surface area contributed by atoms with Gasteiger partial charge in [0, 0.05) is 24.7 Å².